The lowest BCUT2D eigenvalue weighted by atomic mass is 10.00. The molecule has 1 saturated heterocycles. The number of benzene rings is 2. The van der Waals surface area contributed by atoms with Gasteiger partial charge in [-0.1, -0.05) is 37.6 Å². The van der Waals surface area contributed by atoms with Crippen LogP contribution >= 0.6 is 0 Å². The Bertz CT molecular complexity index is 1430. The molecule has 0 aliphatic carbocycles. The number of hydrogen-bond acceptors (Lipinski definition) is 7. The molecule has 1 aromatic heterocycles. The van der Waals surface area contributed by atoms with Gasteiger partial charge in [0.05, 0.1) is 43.0 Å². The minimum atomic E-state index is -0.464. The molecule has 1 N–H and O–H groups in total. The lowest BCUT2D eigenvalue weighted by molar-refractivity contribution is -0.136. The zero-order valence-electron chi connectivity index (χ0n) is 24.1. The van der Waals surface area contributed by atoms with Crippen molar-refractivity contribution < 1.29 is 23.9 Å². The summed E-state index contributed by atoms with van der Waals surface area (Å²) in [6.07, 6.45) is 4.91. The third-order valence-electron chi connectivity index (χ3n) is 7.62. The highest BCUT2D eigenvalue weighted by Crippen LogP contribution is 2.25. The fourth-order valence-electron chi connectivity index (χ4n) is 5.44. The summed E-state index contributed by atoms with van der Waals surface area (Å²) >= 11 is 0. The molecular formula is C32H37N5O5. The van der Waals surface area contributed by atoms with Crippen LogP contribution in [0.2, 0.25) is 0 Å². The van der Waals surface area contributed by atoms with Crippen molar-refractivity contribution in [3.05, 3.63) is 83.4 Å². The molecule has 3 aromatic rings. The fourth-order valence-corrected chi connectivity index (χ4v) is 5.44. The van der Waals surface area contributed by atoms with E-state index in [0.717, 1.165) is 23.2 Å². The number of fused-ring (bicyclic) bond motifs is 5. The molecule has 10 heteroatoms. The molecule has 220 valence electrons. The number of aromatic nitrogens is 2. The van der Waals surface area contributed by atoms with Crippen LogP contribution in [0, 0.1) is 0 Å². The first kappa shape index (κ1) is 29.2. The quantitative estimate of drug-likeness (QED) is 0.510. The van der Waals surface area contributed by atoms with Crippen LogP contribution in [0.3, 0.4) is 0 Å². The molecule has 2 aliphatic rings. The van der Waals surface area contributed by atoms with Crippen LogP contribution in [0.5, 0.6) is 11.5 Å². The van der Waals surface area contributed by atoms with Crippen LogP contribution in [0.4, 0.5) is 0 Å². The Morgan fingerprint density at radius 3 is 2.60 bits per heavy atom. The Hall–Kier alpha value is -4.31. The van der Waals surface area contributed by atoms with Crippen LogP contribution in [0.15, 0.2) is 61.1 Å². The molecule has 3 amide bonds. The predicted octanol–water partition coefficient (Wildman–Crippen LogP) is 3.54. The topological polar surface area (TPSA) is 114 Å². The molecule has 0 radical (unpaired) electrons. The van der Waals surface area contributed by atoms with Gasteiger partial charge in [0, 0.05) is 25.8 Å². The molecule has 2 aromatic carbocycles. The van der Waals surface area contributed by atoms with Crippen molar-refractivity contribution in [2.24, 2.45) is 0 Å². The molecule has 2 atom stereocenters. The number of ether oxygens (including phenoxy) is 2. The molecular weight excluding hydrogens is 534 g/mol. The van der Waals surface area contributed by atoms with Crippen LogP contribution < -0.4 is 10.1 Å². The zero-order valence-corrected chi connectivity index (χ0v) is 24.1. The fraction of sp³-hybridized carbons (Fsp3) is 0.406. The van der Waals surface area contributed by atoms with Crippen molar-refractivity contribution in [2.45, 2.75) is 58.3 Å². The molecule has 0 saturated carbocycles. The van der Waals surface area contributed by atoms with Gasteiger partial charge in [-0.2, -0.15) is 0 Å². The van der Waals surface area contributed by atoms with E-state index in [4.69, 9.17) is 9.47 Å². The first-order chi connectivity index (χ1) is 20.4. The number of nitrogens with zero attached hydrogens (tertiary/aromatic N) is 4. The van der Waals surface area contributed by atoms with Crippen LogP contribution in [0.25, 0.3) is 0 Å². The number of likely N-dealkylation sites (tertiary alicyclic amines) is 1. The number of aryl methyl sites for hydroxylation is 1. The maximum Gasteiger partial charge on any atom is 0.257 e. The van der Waals surface area contributed by atoms with Crippen molar-refractivity contribution in [2.75, 3.05) is 26.2 Å². The van der Waals surface area contributed by atoms with E-state index in [1.807, 2.05) is 62.4 Å². The van der Waals surface area contributed by atoms with Gasteiger partial charge in [-0.15, -0.1) is 0 Å². The largest absolute Gasteiger partial charge is 0.457 e. The highest BCUT2D eigenvalue weighted by molar-refractivity contribution is 5.95. The summed E-state index contributed by atoms with van der Waals surface area (Å²) in [5.74, 6) is 0.684. The lowest BCUT2D eigenvalue weighted by Crippen LogP contribution is -2.58. The molecule has 0 unspecified atom stereocenters. The van der Waals surface area contributed by atoms with Crippen LogP contribution in [-0.2, 0) is 33.8 Å². The Morgan fingerprint density at radius 1 is 1.07 bits per heavy atom. The van der Waals surface area contributed by atoms with Gasteiger partial charge in [0.1, 0.15) is 17.8 Å². The highest BCUT2D eigenvalue weighted by Gasteiger charge is 2.35. The molecule has 1 fully saturated rings. The molecule has 10 nitrogen and oxygen atoms in total. The summed E-state index contributed by atoms with van der Waals surface area (Å²) < 4.78 is 12.5. The monoisotopic (exact) mass is 571 g/mol. The zero-order chi connectivity index (χ0) is 29.5. The van der Waals surface area contributed by atoms with E-state index in [1.54, 1.807) is 11.1 Å². The molecule has 0 spiro atoms. The molecule has 5 rings (SSSR count). The Morgan fingerprint density at radius 2 is 1.83 bits per heavy atom. The highest BCUT2D eigenvalue weighted by atomic mass is 16.5. The Balaban J connectivity index is 1.40. The van der Waals surface area contributed by atoms with E-state index >= 15 is 0 Å². The predicted molar refractivity (Wildman–Crippen MR) is 156 cm³/mol. The maximum absolute atomic E-state index is 13.6. The standard InChI is InChI=1S/C32H37N5O5/c1-3-7-27-26(17-33-21-34-27)32(40)37-13-12-29-28(18-37)35-30(38)19-36(4-2)31(39)16-22-8-5-10-24(14-22)42-25-11-6-9-23(15-25)20-41-29/h5-6,8-11,14-15,17,21,28-29H,3-4,7,12-13,16,18-20H2,1-2H3,(H,35,38)/t28-,29-/m0/s1. The summed E-state index contributed by atoms with van der Waals surface area (Å²) in [7, 11) is 0. The first-order valence-electron chi connectivity index (χ1n) is 14.6. The molecule has 2 aliphatic heterocycles. The Labute approximate surface area is 246 Å². The average Bonchev–Trinajstić information content (AvgIpc) is 2.99. The number of likely N-dealkylation sites (N-methyl/N-ethyl adjacent to an activating group) is 1. The van der Waals surface area contributed by atoms with Gasteiger partial charge in [0.15, 0.2) is 0 Å². The second-order valence-electron chi connectivity index (χ2n) is 10.7. The van der Waals surface area contributed by atoms with Gasteiger partial charge in [-0.3, -0.25) is 14.4 Å². The second kappa shape index (κ2) is 13.6. The van der Waals surface area contributed by atoms with Crippen molar-refractivity contribution in [3.8, 4) is 11.5 Å². The number of amides is 3. The molecule has 42 heavy (non-hydrogen) atoms. The average molecular weight is 572 g/mol. The van der Waals surface area contributed by atoms with Crippen molar-refractivity contribution in [3.63, 3.8) is 0 Å². The van der Waals surface area contributed by atoms with Gasteiger partial charge < -0.3 is 24.6 Å². The van der Waals surface area contributed by atoms with E-state index in [1.165, 1.54) is 11.2 Å². The number of nitrogens with one attached hydrogen (secondary N) is 1. The van der Waals surface area contributed by atoms with Gasteiger partial charge in [-0.25, -0.2) is 9.97 Å². The summed E-state index contributed by atoms with van der Waals surface area (Å²) in [6.45, 7) is 5.24. The van der Waals surface area contributed by atoms with E-state index in [-0.39, 0.29) is 43.3 Å². The SMILES string of the molecule is CCCc1ncncc1C(=O)N1CC[C@@H]2OCc3cccc(c3)Oc3cccc(c3)CC(=O)N(CC)CC(=O)N[C@H]2C1. The van der Waals surface area contributed by atoms with Gasteiger partial charge in [-0.05, 0) is 55.2 Å². The summed E-state index contributed by atoms with van der Waals surface area (Å²) in [5, 5.41) is 3.08. The summed E-state index contributed by atoms with van der Waals surface area (Å²) in [4.78, 5) is 51.7. The summed E-state index contributed by atoms with van der Waals surface area (Å²) in [6, 6.07) is 14.6. The van der Waals surface area contributed by atoms with E-state index in [0.29, 0.717) is 49.6 Å². The van der Waals surface area contributed by atoms with Gasteiger partial charge in [0.2, 0.25) is 11.8 Å². The normalized spacial score (nSPS) is 19.8. The van der Waals surface area contributed by atoms with E-state index in [9.17, 15) is 14.4 Å². The number of rotatable bonds is 4. The van der Waals surface area contributed by atoms with E-state index < -0.39 is 6.04 Å². The summed E-state index contributed by atoms with van der Waals surface area (Å²) in [5.41, 5.74) is 2.93. The number of hydrogen-bond donors (Lipinski definition) is 1. The van der Waals surface area contributed by atoms with E-state index in [2.05, 4.69) is 15.3 Å². The third-order valence-corrected chi connectivity index (χ3v) is 7.62. The minimum absolute atomic E-state index is 0.0867. The number of carbonyl (C=O) groups is 3. The maximum atomic E-state index is 13.6. The third kappa shape index (κ3) is 7.12. The van der Waals surface area contributed by atoms with Crippen LogP contribution in [0.1, 0.15) is 53.9 Å². The van der Waals surface area contributed by atoms with Crippen molar-refractivity contribution >= 4 is 17.7 Å². The second-order valence-corrected chi connectivity index (χ2v) is 10.7. The molecule has 3 heterocycles. The minimum Gasteiger partial charge on any atom is -0.457 e. The Kier molecular flexibility index (Phi) is 9.43. The smallest absolute Gasteiger partial charge is 0.257 e. The van der Waals surface area contributed by atoms with Crippen LogP contribution in [-0.4, -0.2) is 75.8 Å². The molecule has 4 bridgehead atoms. The van der Waals surface area contributed by atoms with Gasteiger partial charge >= 0.3 is 0 Å². The number of piperidine rings is 1. The number of carbonyl (C=O) groups excluding carboxylic acids is 3. The van der Waals surface area contributed by atoms with Crippen molar-refractivity contribution in [1.82, 2.24) is 25.1 Å². The van der Waals surface area contributed by atoms with Crippen molar-refractivity contribution in [1.29, 1.82) is 0 Å². The lowest BCUT2D eigenvalue weighted by Gasteiger charge is -2.39. The first-order valence-corrected chi connectivity index (χ1v) is 14.6. The van der Waals surface area contributed by atoms with Gasteiger partial charge in [0.25, 0.3) is 5.91 Å².